The Morgan fingerprint density at radius 2 is 1.94 bits per heavy atom. The molecular weight excluding hydrogens is 400 g/mol. The summed E-state index contributed by atoms with van der Waals surface area (Å²) in [5.74, 6) is 0.433. The average molecular weight is 433 g/mol. The number of carbonyl (C=O) groups is 1. The van der Waals surface area contributed by atoms with Gasteiger partial charge in [-0.3, -0.25) is 0 Å². The summed E-state index contributed by atoms with van der Waals surface area (Å²) in [5.41, 5.74) is 6.90. The van der Waals surface area contributed by atoms with Crippen molar-refractivity contribution in [3.8, 4) is 0 Å². The van der Waals surface area contributed by atoms with Gasteiger partial charge in [0.25, 0.3) is 0 Å². The molecule has 0 aliphatic heterocycles. The van der Waals surface area contributed by atoms with E-state index in [0.717, 1.165) is 36.5 Å². The number of ether oxygens (including phenoxy) is 1. The molecule has 0 unspecified atom stereocenters. The molecule has 0 amide bonds. The minimum absolute atomic E-state index is 0.270. The number of aromatic nitrogens is 3. The molecule has 6 heteroatoms. The number of fused-ring (bicyclic) bond motifs is 1. The van der Waals surface area contributed by atoms with Crippen molar-refractivity contribution in [2.24, 2.45) is 5.41 Å². The molecule has 0 N–H and O–H groups in total. The highest BCUT2D eigenvalue weighted by molar-refractivity contribution is 5.89. The summed E-state index contributed by atoms with van der Waals surface area (Å²) >= 11 is 0. The van der Waals surface area contributed by atoms with E-state index in [0.29, 0.717) is 17.7 Å². The fourth-order valence-corrected chi connectivity index (χ4v) is 4.43. The van der Waals surface area contributed by atoms with Crippen LogP contribution in [0.1, 0.15) is 67.3 Å². The average Bonchev–Trinajstić information content (AvgIpc) is 3.17. The second-order valence-corrected chi connectivity index (χ2v) is 9.42. The largest absolute Gasteiger partial charge is 0.461 e. The van der Waals surface area contributed by atoms with Gasteiger partial charge >= 0.3 is 5.97 Å². The summed E-state index contributed by atoms with van der Waals surface area (Å²) in [6, 6.07) is 10.1. The summed E-state index contributed by atoms with van der Waals surface area (Å²) in [5, 5.41) is 4.56. The quantitative estimate of drug-likeness (QED) is 0.471. The first kappa shape index (κ1) is 22.1. The highest BCUT2D eigenvalue weighted by Gasteiger charge is 2.25. The maximum atomic E-state index is 12.4. The molecule has 0 saturated heterocycles. The summed E-state index contributed by atoms with van der Waals surface area (Å²) < 4.78 is 6.93. The highest BCUT2D eigenvalue weighted by Crippen LogP contribution is 2.39. The van der Waals surface area contributed by atoms with Gasteiger partial charge in [0, 0.05) is 24.9 Å². The zero-order chi connectivity index (χ0) is 23.0. The normalized spacial score (nSPS) is 15.5. The van der Waals surface area contributed by atoms with Crippen LogP contribution in [0.2, 0.25) is 0 Å². The van der Waals surface area contributed by atoms with Gasteiger partial charge in [-0.05, 0) is 62.1 Å². The molecule has 1 aliphatic rings. The summed E-state index contributed by atoms with van der Waals surface area (Å²) in [6.07, 6.45) is 5.46. The van der Waals surface area contributed by atoms with E-state index in [1.54, 1.807) is 17.5 Å². The van der Waals surface area contributed by atoms with Crippen molar-refractivity contribution in [3.63, 3.8) is 0 Å². The fraction of sp³-hybridized carbons (Fsp3) is 0.423. The SMILES string of the molecule is CCOC(=O)c1cc2nc(C3=CCC(C)(C)CC3)cc(N(C)c3c(C)cccc3C)n2n1. The van der Waals surface area contributed by atoms with Gasteiger partial charge in [0.2, 0.25) is 0 Å². The summed E-state index contributed by atoms with van der Waals surface area (Å²) in [7, 11) is 2.04. The number of allylic oxidation sites excluding steroid dienone is 2. The Morgan fingerprint density at radius 3 is 2.56 bits per heavy atom. The second-order valence-electron chi connectivity index (χ2n) is 9.42. The predicted molar refractivity (Wildman–Crippen MR) is 129 cm³/mol. The minimum atomic E-state index is -0.432. The Kier molecular flexibility index (Phi) is 5.80. The number of hydrogen-bond acceptors (Lipinski definition) is 5. The van der Waals surface area contributed by atoms with E-state index >= 15 is 0 Å². The van der Waals surface area contributed by atoms with E-state index in [-0.39, 0.29) is 5.69 Å². The Bertz CT molecular complexity index is 1190. The zero-order valence-electron chi connectivity index (χ0n) is 19.9. The lowest BCUT2D eigenvalue weighted by atomic mass is 9.78. The Morgan fingerprint density at radius 1 is 1.22 bits per heavy atom. The Hall–Kier alpha value is -3.15. The van der Waals surface area contributed by atoms with E-state index in [9.17, 15) is 4.79 Å². The molecule has 1 aromatic carbocycles. The minimum Gasteiger partial charge on any atom is -0.461 e. The first-order chi connectivity index (χ1) is 15.2. The van der Waals surface area contributed by atoms with Crippen molar-refractivity contribution in [2.75, 3.05) is 18.6 Å². The lowest BCUT2D eigenvalue weighted by Crippen LogP contribution is -2.18. The van der Waals surface area contributed by atoms with Crippen LogP contribution < -0.4 is 4.90 Å². The molecule has 0 atom stereocenters. The van der Waals surface area contributed by atoms with Gasteiger partial charge in [-0.1, -0.05) is 38.1 Å². The lowest BCUT2D eigenvalue weighted by molar-refractivity contribution is 0.0519. The van der Waals surface area contributed by atoms with Gasteiger partial charge in [-0.2, -0.15) is 9.61 Å². The third-order valence-corrected chi connectivity index (χ3v) is 6.31. The van der Waals surface area contributed by atoms with Crippen molar-refractivity contribution in [3.05, 3.63) is 58.9 Å². The molecule has 2 heterocycles. The smallest absolute Gasteiger partial charge is 0.358 e. The Balaban J connectivity index is 1.89. The molecule has 0 fully saturated rings. The third-order valence-electron chi connectivity index (χ3n) is 6.31. The van der Waals surface area contributed by atoms with Gasteiger partial charge in [0.05, 0.1) is 12.3 Å². The number of nitrogens with zero attached hydrogens (tertiary/aromatic N) is 4. The third kappa shape index (κ3) is 4.14. The van der Waals surface area contributed by atoms with Crippen LogP contribution in [0, 0.1) is 19.3 Å². The van der Waals surface area contributed by atoms with Crippen LogP contribution >= 0.6 is 0 Å². The summed E-state index contributed by atoms with van der Waals surface area (Å²) in [6.45, 7) is 10.9. The van der Waals surface area contributed by atoms with Crippen LogP contribution in [0.4, 0.5) is 11.5 Å². The van der Waals surface area contributed by atoms with Crippen LogP contribution in [0.5, 0.6) is 0 Å². The standard InChI is InChI=1S/C26H32N4O2/c1-7-32-25(31)21-15-22-27-20(19-11-13-26(4,5)14-12-19)16-23(30(22)28-21)29(6)24-17(2)9-8-10-18(24)3/h8-11,15-16H,7,12-14H2,1-6H3. The molecule has 3 aromatic rings. The van der Waals surface area contributed by atoms with Crippen LogP contribution in [-0.2, 0) is 4.74 Å². The maximum absolute atomic E-state index is 12.4. The maximum Gasteiger partial charge on any atom is 0.358 e. The molecular formula is C26H32N4O2. The first-order valence-corrected chi connectivity index (χ1v) is 11.3. The van der Waals surface area contributed by atoms with Gasteiger partial charge in [-0.15, -0.1) is 0 Å². The van der Waals surface area contributed by atoms with E-state index in [2.05, 4.69) is 68.0 Å². The topological polar surface area (TPSA) is 59.7 Å². The summed E-state index contributed by atoms with van der Waals surface area (Å²) in [4.78, 5) is 19.4. The number of aryl methyl sites for hydroxylation is 2. The number of esters is 1. The second kappa shape index (κ2) is 8.41. The number of carbonyl (C=O) groups excluding carboxylic acids is 1. The predicted octanol–water partition coefficient (Wildman–Crippen LogP) is 5.88. The van der Waals surface area contributed by atoms with Crippen LogP contribution in [-0.4, -0.2) is 34.2 Å². The Labute approximate surface area is 189 Å². The lowest BCUT2D eigenvalue weighted by Gasteiger charge is -2.29. The number of benzene rings is 1. The molecule has 4 rings (SSSR count). The fourth-order valence-electron chi connectivity index (χ4n) is 4.43. The molecule has 2 aromatic heterocycles. The number of hydrogen-bond donors (Lipinski definition) is 0. The van der Waals surface area contributed by atoms with Crippen molar-refractivity contribution < 1.29 is 9.53 Å². The number of para-hydroxylation sites is 1. The molecule has 0 bridgehead atoms. The molecule has 0 radical (unpaired) electrons. The number of anilines is 2. The van der Waals surface area contributed by atoms with Crippen molar-refractivity contribution in [1.82, 2.24) is 14.6 Å². The number of rotatable bonds is 5. The molecule has 168 valence electrons. The van der Waals surface area contributed by atoms with Crippen molar-refractivity contribution in [1.29, 1.82) is 0 Å². The monoisotopic (exact) mass is 432 g/mol. The van der Waals surface area contributed by atoms with Gasteiger partial charge in [-0.25, -0.2) is 9.78 Å². The van der Waals surface area contributed by atoms with Gasteiger partial charge in [0.1, 0.15) is 5.82 Å². The molecule has 1 aliphatic carbocycles. The van der Waals surface area contributed by atoms with Crippen molar-refractivity contribution >= 4 is 28.7 Å². The van der Waals surface area contributed by atoms with Crippen LogP contribution in [0.25, 0.3) is 11.2 Å². The van der Waals surface area contributed by atoms with Crippen LogP contribution in [0.15, 0.2) is 36.4 Å². The first-order valence-electron chi connectivity index (χ1n) is 11.3. The van der Waals surface area contributed by atoms with E-state index in [1.165, 1.54) is 16.7 Å². The highest BCUT2D eigenvalue weighted by atomic mass is 16.5. The zero-order valence-corrected chi connectivity index (χ0v) is 19.9. The molecule has 0 spiro atoms. The van der Waals surface area contributed by atoms with Crippen molar-refractivity contribution in [2.45, 2.75) is 53.9 Å². The molecule has 6 nitrogen and oxygen atoms in total. The van der Waals surface area contributed by atoms with E-state index in [1.807, 2.05) is 7.05 Å². The van der Waals surface area contributed by atoms with Gasteiger partial charge in [0.15, 0.2) is 11.3 Å². The van der Waals surface area contributed by atoms with Crippen LogP contribution in [0.3, 0.4) is 0 Å². The molecule has 0 saturated carbocycles. The van der Waals surface area contributed by atoms with E-state index < -0.39 is 5.97 Å². The van der Waals surface area contributed by atoms with E-state index in [4.69, 9.17) is 9.72 Å². The van der Waals surface area contributed by atoms with Gasteiger partial charge < -0.3 is 9.64 Å². The molecule has 32 heavy (non-hydrogen) atoms.